The predicted molar refractivity (Wildman–Crippen MR) is 67.5 cm³/mol. The molecule has 5 heteroatoms. The summed E-state index contributed by atoms with van der Waals surface area (Å²) in [5.74, 6) is 1.23. The second-order valence-corrected chi connectivity index (χ2v) is 5.11. The molecular formula is C9H11IN2OS. The Hall–Kier alpha value is -0.300. The Morgan fingerprint density at radius 2 is 2.43 bits per heavy atom. The Morgan fingerprint density at radius 3 is 2.86 bits per heavy atom. The van der Waals surface area contributed by atoms with E-state index in [9.17, 15) is 4.79 Å². The fourth-order valence-electron chi connectivity index (χ4n) is 0.964. The number of carbonyl (C=O) groups excluding carboxylic acids is 1. The molecule has 0 saturated carbocycles. The number of Topliss-reactive ketones (excluding diaryl/α,β-unsaturated/α-hetero) is 1. The van der Waals surface area contributed by atoms with E-state index in [1.807, 2.05) is 14.0 Å². The lowest BCUT2D eigenvalue weighted by molar-refractivity contribution is 0.103. The maximum atomic E-state index is 11.8. The molecule has 1 aromatic heterocycles. The molecule has 0 atom stereocenters. The molecule has 3 nitrogen and oxygen atoms in total. The molecule has 0 bridgehead atoms. The minimum Gasteiger partial charge on any atom is -0.320 e. The van der Waals surface area contributed by atoms with Gasteiger partial charge in [0.25, 0.3) is 0 Å². The van der Waals surface area contributed by atoms with Crippen LogP contribution in [0.5, 0.6) is 0 Å². The van der Waals surface area contributed by atoms with Crippen molar-refractivity contribution >= 4 is 40.1 Å². The predicted octanol–water partition coefficient (Wildman–Crippen LogP) is 2.47. The van der Waals surface area contributed by atoms with Crippen LogP contribution in [-0.4, -0.2) is 21.1 Å². The van der Waals surface area contributed by atoms with Crippen molar-refractivity contribution in [1.29, 1.82) is 0 Å². The average molecular weight is 322 g/mol. The third-order valence-electron chi connectivity index (χ3n) is 1.71. The molecule has 0 unspecified atom stereocenters. The van der Waals surface area contributed by atoms with E-state index in [-0.39, 0.29) is 5.78 Å². The van der Waals surface area contributed by atoms with Crippen molar-refractivity contribution in [2.45, 2.75) is 6.92 Å². The summed E-state index contributed by atoms with van der Waals surface area (Å²) in [4.78, 5) is 16.4. The van der Waals surface area contributed by atoms with Gasteiger partial charge in [-0.25, -0.2) is 4.98 Å². The van der Waals surface area contributed by atoms with Crippen LogP contribution >= 0.6 is 34.4 Å². The lowest BCUT2D eigenvalue weighted by Gasteiger charge is -2.03. The maximum absolute atomic E-state index is 11.8. The molecule has 0 N–H and O–H groups in total. The number of imidazole rings is 1. The van der Waals surface area contributed by atoms with E-state index in [0.29, 0.717) is 10.7 Å². The molecule has 0 fully saturated rings. The number of thioether (sulfide) groups is 1. The SMILES string of the molecule is C=C(SCC)C(=O)c1ncc(I)n1C. The van der Waals surface area contributed by atoms with Gasteiger partial charge in [-0.1, -0.05) is 13.5 Å². The van der Waals surface area contributed by atoms with Crippen LogP contribution in [0.25, 0.3) is 0 Å². The highest BCUT2D eigenvalue weighted by Crippen LogP contribution is 2.18. The van der Waals surface area contributed by atoms with Crippen LogP contribution in [-0.2, 0) is 7.05 Å². The summed E-state index contributed by atoms with van der Waals surface area (Å²) >= 11 is 3.59. The standard InChI is InChI=1S/C9H11IN2OS/c1-4-14-6(2)8(13)9-11-5-7(10)12(9)3/h5H,2,4H2,1,3H3. The number of aromatic nitrogens is 2. The zero-order chi connectivity index (χ0) is 10.7. The van der Waals surface area contributed by atoms with Crippen molar-refractivity contribution < 1.29 is 4.79 Å². The highest BCUT2D eigenvalue weighted by Gasteiger charge is 2.16. The van der Waals surface area contributed by atoms with Gasteiger partial charge in [0.15, 0.2) is 5.82 Å². The first kappa shape index (κ1) is 11.8. The van der Waals surface area contributed by atoms with Crippen LogP contribution < -0.4 is 0 Å². The minimum atomic E-state index is -0.0812. The summed E-state index contributed by atoms with van der Waals surface area (Å²) < 4.78 is 2.71. The van der Waals surface area contributed by atoms with Crippen LogP contribution in [0, 0.1) is 3.70 Å². The Kier molecular flexibility index (Phi) is 4.18. The fraction of sp³-hybridized carbons (Fsp3) is 0.333. The van der Waals surface area contributed by atoms with Crippen LogP contribution in [0.4, 0.5) is 0 Å². The van der Waals surface area contributed by atoms with Crippen molar-refractivity contribution in [3.8, 4) is 0 Å². The van der Waals surface area contributed by atoms with E-state index in [4.69, 9.17) is 0 Å². The first-order valence-corrected chi connectivity index (χ1v) is 6.18. The van der Waals surface area contributed by atoms with Crippen molar-refractivity contribution in [3.05, 3.63) is 27.2 Å². The number of rotatable bonds is 4. The largest absolute Gasteiger partial charge is 0.320 e. The number of hydrogen-bond acceptors (Lipinski definition) is 3. The number of carbonyl (C=O) groups is 1. The summed E-state index contributed by atoms with van der Waals surface area (Å²) in [6.07, 6.45) is 1.68. The minimum absolute atomic E-state index is 0.0812. The molecule has 76 valence electrons. The average Bonchev–Trinajstić information content (AvgIpc) is 2.47. The maximum Gasteiger partial charge on any atom is 0.234 e. The summed E-state index contributed by atoms with van der Waals surface area (Å²) in [6, 6.07) is 0. The molecule has 1 rings (SSSR count). The molecular weight excluding hydrogens is 311 g/mol. The number of nitrogens with zero attached hydrogens (tertiary/aromatic N) is 2. The van der Waals surface area contributed by atoms with Gasteiger partial charge in [0.05, 0.1) is 14.8 Å². The number of halogens is 1. The Labute approximate surface area is 101 Å². The molecule has 0 amide bonds. The highest BCUT2D eigenvalue weighted by molar-refractivity contribution is 14.1. The molecule has 0 aliphatic rings. The van der Waals surface area contributed by atoms with Gasteiger partial charge in [0.1, 0.15) is 0 Å². The van der Waals surface area contributed by atoms with Gasteiger partial charge in [-0.05, 0) is 28.3 Å². The molecule has 0 spiro atoms. The lowest BCUT2D eigenvalue weighted by atomic mass is 10.3. The van der Waals surface area contributed by atoms with E-state index in [2.05, 4.69) is 34.2 Å². The Bertz CT molecular complexity index is 373. The molecule has 0 aliphatic carbocycles. The molecule has 0 saturated heterocycles. The van der Waals surface area contributed by atoms with E-state index in [1.54, 1.807) is 10.8 Å². The zero-order valence-electron chi connectivity index (χ0n) is 8.08. The normalized spacial score (nSPS) is 10.2. The fourth-order valence-corrected chi connectivity index (χ4v) is 1.90. The van der Waals surface area contributed by atoms with Crippen LogP contribution in [0.1, 0.15) is 17.5 Å². The van der Waals surface area contributed by atoms with Crippen molar-refractivity contribution in [3.63, 3.8) is 0 Å². The summed E-state index contributed by atoms with van der Waals surface area (Å²) in [5, 5.41) is 0. The quantitative estimate of drug-likeness (QED) is 0.485. The van der Waals surface area contributed by atoms with Gasteiger partial charge in [0.2, 0.25) is 5.78 Å². The summed E-state index contributed by atoms with van der Waals surface area (Å²) in [5.41, 5.74) is 0. The van der Waals surface area contributed by atoms with E-state index in [1.165, 1.54) is 11.8 Å². The molecule has 14 heavy (non-hydrogen) atoms. The van der Waals surface area contributed by atoms with Crippen molar-refractivity contribution in [1.82, 2.24) is 9.55 Å². The van der Waals surface area contributed by atoms with Crippen molar-refractivity contribution in [2.24, 2.45) is 7.05 Å². The lowest BCUT2D eigenvalue weighted by Crippen LogP contribution is -2.09. The number of hydrogen-bond donors (Lipinski definition) is 0. The van der Waals surface area contributed by atoms with Gasteiger partial charge in [-0.15, -0.1) is 11.8 Å². The van der Waals surface area contributed by atoms with E-state index in [0.717, 1.165) is 9.45 Å². The van der Waals surface area contributed by atoms with Gasteiger partial charge < -0.3 is 4.57 Å². The summed E-state index contributed by atoms with van der Waals surface area (Å²) in [7, 11) is 1.83. The van der Waals surface area contributed by atoms with E-state index < -0.39 is 0 Å². The van der Waals surface area contributed by atoms with Gasteiger partial charge in [-0.2, -0.15) is 0 Å². The topological polar surface area (TPSA) is 34.9 Å². The third kappa shape index (κ3) is 2.38. The first-order chi connectivity index (χ1) is 6.57. The zero-order valence-corrected chi connectivity index (χ0v) is 11.1. The number of ketones is 1. The summed E-state index contributed by atoms with van der Waals surface area (Å²) in [6.45, 7) is 5.72. The third-order valence-corrected chi connectivity index (χ3v) is 3.53. The van der Waals surface area contributed by atoms with Gasteiger partial charge >= 0.3 is 0 Å². The first-order valence-electron chi connectivity index (χ1n) is 4.11. The molecule has 1 heterocycles. The smallest absolute Gasteiger partial charge is 0.234 e. The van der Waals surface area contributed by atoms with Gasteiger partial charge in [0, 0.05) is 7.05 Å². The molecule has 0 radical (unpaired) electrons. The van der Waals surface area contributed by atoms with E-state index >= 15 is 0 Å². The second kappa shape index (κ2) is 4.97. The Morgan fingerprint density at radius 1 is 1.79 bits per heavy atom. The highest BCUT2D eigenvalue weighted by atomic mass is 127. The molecule has 0 aliphatic heterocycles. The molecule has 1 aromatic rings. The Balaban J connectivity index is 2.90. The number of allylic oxidation sites excluding steroid dienone is 1. The molecule has 0 aromatic carbocycles. The van der Waals surface area contributed by atoms with Crippen LogP contribution in [0.15, 0.2) is 17.7 Å². The van der Waals surface area contributed by atoms with Crippen LogP contribution in [0.2, 0.25) is 0 Å². The van der Waals surface area contributed by atoms with Gasteiger partial charge in [-0.3, -0.25) is 4.79 Å². The second-order valence-electron chi connectivity index (χ2n) is 2.65. The van der Waals surface area contributed by atoms with Crippen molar-refractivity contribution in [2.75, 3.05) is 5.75 Å². The van der Waals surface area contributed by atoms with Crippen LogP contribution in [0.3, 0.4) is 0 Å². The monoisotopic (exact) mass is 322 g/mol.